The summed E-state index contributed by atoms with van der Waals surface area (Å²) in [6, 6.07) is 0. The van der Waals surface area contributed by atoms with Crippen LogP contribution in [0.2, 0.25) is 0 Å². The highest BCUT2D eigenvalue weighted by atomic mass is 16.1. The first-order valence-electron chi connectivity index (χ1n) is 2.91. The van der Waals surface area contributed by atoms with E-state index in [1.165, 1.54) is 0 Å². The van der Waals surface area contributed by atoms with Gasteiger partial charge in [0, 0.05) is 6.42 Å². The molecular weight excluding hydrogens is 116 g/mol. The van der Waals surface area contributed by atoms with Gasteiger partial charge >= 0.3 is 0 Å². The van der Waals surface area contributed by atoms with Crippen molar-refractivity contribution >= 4 is 5.78 Å². The molecule has 0 fully saturated rings. The van der Waals surface area contributed by atoms with E-state index in [0.717, 1.165) is 6.42 Å². The number of carbonyl (C=O) groups is 1. The molecule has 0 radical (unpaired) electrons. The lowest BCUT2D eigenvalue weighted by atomic mass is 10.2. The average Bonchev–Trinajstić information content (AvgIpc) is 1.87. The van der Waals surface area contributed by atoms with Gasteiger partial charge in [0.05, 0.1) is 5.70 Å². The second kappa shape index (κ2) is 4.09. The van der Waals surface area contributed by atoms with Gasteiger partial charge in [0.1, 0.15) is 0 Å². The van der Waals surface area contributed by atoms with Crippen LogP contribution in [0.15, 0.2) is 12.3 Å². The van der Waals surface area contributed by atoms with Gasteiger partial charge in [-0.2, -0.15) is 0 Å². The van der Waals surface area contributed by atoms with Crippen LogP contribution in [0.4, 0.5) is 0 Å². The molecule has 0 spiro atoms. The van der Waals surface area contributed by atoms with Crippen molar-refractivity contribution < 1.29 is 4.79 Å². The topological polar surface area (TPSA) is 55.1 Å². The first kappa shape index (κ1) is 8.17. The maximum absolute atomic E-state index is 10.7. The number of carbonyl (C=O) groups excluding carboxylic acids is 1. The molecule has 9 heavy (non-hydrogen) atoms. The number of nitrogens with two attached hydrogens (primary N) is 1. The van der Waals surface area contributed by atoms with Crippen LogP contribution >= 0.6 is 0 Å². The molecule has 3 nitrogen and oxygen atoms in total. The fraction of sp³-hybridized carbons (Fsp3) is 0.500. The lowest BCUT2D eigenvalue weighted by molar-refractivity contribution is -0.115. The molecule has 0 aromatic rings. The highest BCUT2D eigenvalue weighted by Gasteiger charge is 2.01. The largest absolute Gasteiger partial charge is 0.321 e. The van der Waals surface area contributed by atoms with Gasteiger partial charge < -0.3 is 5.43 Å². The predicted molar refractivity (Wildman–Crippen MR) is 36.4 cm³/mol. The molecule has 0 aliphatic rings. The number of ketones is 1. The van der Waals surface area contributed by atoms with Crippen LogP contribution in [0.5, 0.6) is 0 Å². The molecule has 0 saturated carbocycles. The molecule has 0 aromatic heterocycles. The lowest BCUT2D eigenvalue weighted by Gasteiger charge is -1.99. The first-order chi connectivity index (χ1) is 4.22. The number of hydrogen-bond donors (Lipinski definition) is 2. The molecule has 52 valence electrons. The van der Waals surface area contributed by atoms with Crippen molar-refractivity contribution in [3.05, 3.63) is 12.3 Å². The van der Waals surface area contributed by atoms with E-state index in [4.69, 9.17) is 5.84 Å². The first-order valence-corrected chi connectivity index (χ1v) is 2.91. The lowest BCUT2D eigenvalue weighted by Crippen LogP contribution is -2.25. The van der Waals surface area contributed by atoms with Gasteiger partial charge in [0.2, 0.25) is 0 Å². The number of nitrogens with one attached hydrogen (secondary N) is 1. The van der Waals surface area contributed by atoms with Crippen LogP contribution < -0.4 is 11.3 Å². The van der Waals surface area contributed by atoms with Crippen molar-refractivity contribution in [3.8, 4) is 0 Å². The zero-order valence-electron chi connectivity index (χ0n) is 5.61. The maximum Gasteiger partial charge on any atom is 0.179 e. The second-order valence-electron chi connectivity index (χ2n) is 1.80. The summed E-state index contributed by atoms with van der Waals surface area (Å²) in [5.74, 6) is 4.92. The van der Waals surface area contributed by atoms with Crippen molar-refractivity contribution in [2.45, 2.75) is 19.8 Å². The number of Topliss-reactive ketones (excluding diaryl/α,β-unsaturated/α-hetero) is 1. The minimum absolute atomic E-state index is 0.0139. The zero-order chi connectivity index (χ0) is 7.28. The van der Waals surface area contributed by atoms with E-state index in [1.807, 2.05) is 6.92 Å². The predicted octanol–water partition coefficient (Wildman–Crippen LogP) is 0.333. The van der Waals surface area contributed by atoms with E-state index in [1.54, 1.807) is 0 Å². The fourth-order valence-electron chi connectivity index (χ4n) is 0.458. The zero-order valence-corrected chi connectivity index (χ0v) is 5.61. The summed E-state index contributed by atoms with van der Waals surface area (Å²) in [6.07, 6.45) is 1.35. The van der Waals surface area contributed by atoms with E-state index in [9.17, 15) is 4.79 Å². The molecule has 0 aliphatic heterocycles. The maximum atomic E-state index is 10.7. The molecule has 0 amide bonds. The third-order valence-electron chi connectivity index (χ3n) is 0.988. The van der Waals surface area contributed by atoms with Crippen LogP contribution in [-0.4, -0.2) is 5.78 Å². The molecule has 3 heteroatoms. The Kier molecular flexibility index (Phi) is 3.71. The van der Waals surface area contributed by atoms with Crippen LogP contribution in [-0.2, 0) is 4.79 Å². The molecular formula is C6H12N2O. The Morgan fingerprint density at radius 3 is 2.67 bits per heavy atom. The van der Waals surface area contributed by atoms with Gasteiger partial charge in [-0.25, -0.2) is 0 Å². The van der Waals surface area contributed by atoms with Crippen molar-refractivity contribution in [1.82, 2.24) is 5.43 Å². The summed E-state index contributed by atoms with van der Waals surface area (Å²) in [7, 11) is 0. The normalized spacial score (nSPS) is 8.67. The third kappa shape index (κ3) is 2.87. The SMILES string of the molecule is C=C(NN)C(=O)CCC. The Morgan fingerprint density at radius 1 is 1.78 bits per heavy atom. The Balaban J connectivity index is 3.60. The molecule has 0 rings (SSSR count). The minimum atomic E-state index is -0.0139. The molecule has 3 N–H and O–H groups in total. The number of allylic oxidation sites excluding steroid dienone is 1. The van der Waals surface area contributed by atoms with Crippen LogP contribution in [0.25, 0.3) is 0 Å². The molecule has 0 saturated heterocycles. The van der Waals surface area contributed by atoms with Gasteiger partial charge in [0.15, 0.2) is 5.78 Å². The van der Waals surface area contributed by atoms with E-state index in [-0.39, 0.29) is 11.5 Å². The van der Waals surface area contributed by atoms with Crippen molar-refractivity contribution in [2.24, 2.45) is 5.84 Å². The van der Waals surface area contributed by atoms with E-state index in [2.05, 4.69) is 12.0 Å². The summed E-state index contributed by atoms with van der Waals surface area (Å²) in [6.45, 7) is 5.34. The summed E-state index contributed by atoms with van der Waals surface area (Å²) < 4.78 is 0. The molecule has 0 heterocycles. The average molecular weight is 128 g/mol. The van der Waals surface area contributed by atoms with Gasteiger partial charge in [-0.15, -0.1) is 0 Å². The van der Waals surface area contributed by atoms with Gasteiger partial charge in [-0.1, -0.05) is 13.5 Å². The van der Waals surface area contributed by atoms with E-state index in [0.29, 0.717) is 6.42 Å². The summed E-state index contributed by atoms with van der Waals surface area (Å²) in [4.78, 5) is 10.7. The molecule has 0 bridgehead atoms. The van der Waals surface area contributed by atoms with Crippen LogP contribution in [0.1, 0.15) is 19.8 Å². The fourth-order valence-corrected chi connectivity index (χ4v) is 0.458. The summed E-state index contributed by atoms with van der Waals surface area (Å²) >= 11 is 0. The smallest absolute Gasteiger partial charge is 0.179 e. The van der Waals surface area contributed by atoms with Crippen molar-refractivity contribution in [1.29, 1.82) is 0 Å². The monoisotopic (exact) mass is 128 g/mol. The van der Waals surface area contributed by atoms with Crippen molar-refractivity contribution in [2.75, 3.05) is 0 Å². The number of hydrazine groups is 1. The second-order valence-corrected chi connectivity index (χ2v) is 1.80. The standard InChI is InChI=1S/C6H12N2O/c1-3-4-6(9)5(2)8-7/h8H,2-4,7H2,1H3. The Hall–Kier alpha value is -0.830. The van der Waals surface area contributed by atoms with Gasteiger partial charge in [-0.3, -0.25) is 10.6 Å². The minimum Gasteiger partial charge on any atom is -0.321 e. The third-order valence-corrected chi connectivity index (χ3v) is 0.988. The number of rotatable bonds is 4. The molecule has 0 aliphatic carbocycles. The Labute approximate surface area is 54.9 Å². The highest BCUT2D eigenvalue weighted by molar-refractivity contribution is 5.93. The molecule has 0 aromatic carbocycles. The van der Waals surface area contributed by atoms with E-state index < -0.39 is 0 Å². The van der Waals surface area contributed by atoms with Gasteiger partial charge in [-0.05, 0) is 6.42 Å². The van der Waals surface area contributed by atoms with Crippen LogP contribution in [0, 0.1) is 0 Å². The van der Waals surface area contributed by atoms with Crippen molar-refractivity contribution in [3.63, 3.8) is 0 Å². The number of hydrogen-bond acceptors (Lipinski definition) is 3. The Morgan fingerprint density at radius 2 is 2.33 bits per heavy atom. The molecule has 0 atom stereocenters. The highest BCUT2D eigenvalue weighted by Crippen LogP contribution is 1.94. The van der Waals surface area contributed by atoms with Gasteiger partial charge in [0.25, 0.3) is 0 Å². The summed E-state index contributed by atoms with van der Waals surface area (Å²) in [5.41, 5.74) is 2.49. The Bertz CT molecular complexity index is 120. The van der Waals surface area contributed by atoms with E-state index >= 15 is 0 Å². The van der Waals surface area contributed by atoms with Crippen LogP contribution in [0.3, 0.4) is 0 Å². The summed E-state index contributed by atoms with van der Waals surface area (Å²) in [5, 5.41) is 0. The quantitative estimate of drug-likeness (QED) is 0.326. The molecule has 0 unspecified atom stereocenters.